The Morgan fingerprint density at radius 2 is 1.96 bits per heavy atom. The Bertz CT molecular complexity index is 799. The molecular weight excluding hydrogens is 389 g/mol. The van der Waals surface area contributed by atoms with E-state index in [0.29, 0.717) is 23.6 Å². The van der Waals surface area contributed by atoms with Gasteiger partial charge in [0.15, 0.2) is 6.10 Å². The summed E-state index contributed by atoms with van der Waals surface area (Å²) < 4.78 is 0. The molecule has 3 atom stereocenters. The molecule has 0 amide bonds. The van der Waals surface area contributed by atoms with Gasteiger partial charge in [-0.3, -0.25) is 0 Å². The minimum absolute atomic E-state index is 0. The van der Waals surface area contributed by atoms with E-state index in [-0.39, 0.29) is 18.4 Å². The molecule has 1 aliphatic rings. The zero-order valence-electron chi connectivity index (χ0n) is 14.6. The molecule has 0 aliphatic heterocycles. The van der Waals surface area contributed by atoms with Crippen molar-refractivity contribution >= 4 is 30.0 Å². The van der Waals surface area contributed by atoms with Crippen LogP contribution in [0, 0.1) is 0 Å². The quantitative estimate of drug-likeness (QED) is 0.586. The van der Waals surface area contributed by atoms with Gasteiger partial charge in [0.05, 0.1) is 6.10 Å². The fourth-order valence-electron chi connectivity index (χ4n) is 3.49. The molecule has 5 nitrogen and oxygen atoms in total. The standard InChI is InChI=1S/C20H22ClNO4.ClH/c21-14-5-1-4-13(9-14)18(23)11-22-15-8-7-12-3-2-6-16(17(12)10-15)19(24)20(25)26;/h1-6,9,15,18-19,22-24H,7-8,10-11H2,(H,25,26);1H/t15?,18-,19?;/m1./s1. The van der Waals surface area contributed by atoms with E-state index in [4.69, 9.17) is 16.7 Å². The largest absolute Gasteiger partial charge is 0.479 e. The number of halogens is 2. The maximum absolute atomic E-state index is 11.2. The fraction of sp³-hybridized carbons (Fsp3) is 0.350. The van der Waals surface area contributed by atoms with Gasteiger partial charge in [0.25, 0.3) is 0 Å². The number of aliphatic hydroxyl groups is 2. The molecule has 27 heavy (non-hydrogen) atoms. The van der Waals surface area contributed by atoms with Crippen LogP contribution in [0.2, 0.25) is 5.02 Å². The van der Waals surface area contributed by atoms with Crippen LogP contribution in [0.1, 0.15) is 40.9 Å². The summed E-state index contributed by atoms with van der Waals surface area (Å²) in [7, 11) is 0. The second kappa shape index (κ2) is 9.53. The first kappa shape index (κ1) is 21.7. The molecule has 2 aromatic rings. The van der Waals surface area contributed by atoms with Gasteiger partial charge in [0, 0.05) is 17.6 Å². The lowest BCUT2D eigenvalue weighted by Crippen LogP contribution is -2.37. The number of rotatable bonds is 6. The van der Waals surface area contributed by atoms with Gasteiger partial charge in [0.1, 0.15) is 0 Å². The topological polar surface area (TPSA) is 89.8 Å². The number of aliphatic carboxylic acids is 1. The number of benzene rings is 2. The van der Waals surface area contributed by atoms with Crippen molar-refractivity contribution in [3.8, 4) is 0 Å². The molecule has 7 heteroatoms. The molecule has 146 valence electrons. The number of carboxylic acids is 1. The van der Waals surface area contributed by atoms with E-state index in [1.165, 1.54) is 0 Å². The summed E-state index contributed by atoms with van der Waals surface area (Å²) in [5, 5.41) is 33.4. The number of aliphatic hydroxyl groups excluding tert-OH is 2. The minimum atomic E-state index is -1.51. The van der Waals surface area contributed by atoms with E-state index in [1.807, 2.05) is 12.1 Å². The van der Waals surface area contributed by atoms with Crippen LogP contribution < -0.4 is 5.32 Å². The van der Waals surface area contributed by atoms with Gasteiger partial charge in [-0.05, 0) is 53.6 Å². The van der Waals surface area contributed by atoms with Crippen LogP contribution in [0.15, 0.2) is 42.5 Å². The van der Waals surface area contributed by atoms with Gasteiger partial charge < -0.3 is 20.6 Å². The predicted molar refractivity (Wildman–Crippen MR) is 107 cm³/mol. The first-order valence-corrected chi connectivity index (χ1v) is 9.02. The highest BCUT2D eigenvalue weighted by atomic mass is 35.5. The first-order chi connectivity index (χ1) is 12.5. The molecule has 0 spiro atoms. The number of hydrogen-bond donors (Lipinski definition) is 4. The van der Waals surface area contributed by atoms with E-state index in [2.05, 4.69) is 5.32 Å². The van der Waals surface area contributed by atoms with Crippen molar-refractivity contribution in [2.75, 3.05) is 6.54 Å². The van der Waals surface area contributed by atoms with E-state index in [0.717, 1.165) is 29.5 Å². The lowest BCUT2D eigenvalue weighted by Gasteiger charge is -2.29. The average molecular weight is 412 g/mol. The highest BCUT2D eigenvalue weighted by Gasteiger charge is 2.26. The lowest BCUT2D eigenvalue weighted by molar-refractivity contribution is -0.147. The number of carbonyl (C=O) groups is 1. The predicted octanol–water partition coefficient (Wildman–Crippen LogP) is 3.06. The molecule has 0 bridgehead atoms. The summed E-state index contributed by atoms with van der Waals surface area (Å²) in [5.74, 6) is -1.25. The van der Waals surface area contributed by atoms with Crippen LogP contribution in [0.4, 0.5) is 0 Å². The summed E-state index contributed by atoms with van der Waals surface area (Å²) in [6.07, 6.45) is 0.135. The Balaban J connectivity index is 0.00000261. The van der Waals surface area contributed by atoms with Crippen molar-refractivity contribution in [3.63, 3.8) is 0 Å². The smallest absolute Gasteiger partial charge is 0.337 e. The summed E-state index contributed by atoms with van der Waals surface area (Å²) in [6.45, 7) is 0.379. The van der Waals surface area contributed by atoms with Crippen molar-refractivity contribution in [3.05, 3.63) is 69.7 Å². The molecule has 0 radical (unpaired) electrons. The van der Waals surface area contributed by atoms with Crippen molar-refractivity contribution in [1.29, 1.82) is 0 Å². The van der Waals surface area contributed by atoms with Crippen LogP contribution in [0.25, 0.3) is 0 Å². The van der Waals surface area contributed by atoms with Gasteiger partial charge in [-0.25, -0.2) is 4.79 Å². The minimum Gasteiger partial charge on any atom is -0.479 e. The van der Waals surface area contributed by atoms with Crippen molar-refractivity contribution in [2.45, 2.75) is 37.5 Å². The molecule has 0 saturated heterocycles. The second-order valence-electron chi connectivity index (χ2n) is 6.64. The Morgan fingerprint density at radius 1 is 1.22 bits per heavy atom. The van der Waals surface area contributed by atoms with Gasteiger partial charge in [-0.2, -0.15) is 0 Å². The Labute approximate surface area is 169 Å². The zero-order valence-corrected chi connectivity index (χ0v) is 16.2. The van der Waals surface area contributed by atoms with E-state index < -0.39 is 18.2 Å². The van der Waals surface area contributed by atoms with Gasteiger partial charge in [-0.1, -0.05) is 41.9 Å². The molecular formula is C20H23Cl2NO4. The number of fused-ring (bicyclic) bond motifs is 1. The fourth-order valence-corrected chi connectivity index (χ4v) is 3.69. The number of aryl methyl sites for hydroxylation is 1. The highest BCUT2D eigenvalue weighted by molar-refractivity contribution is 6.30. The second-order valence-corrected chi connectivity index (χ2v) is 7.08. The monoisotopic (exact) mass is 411 g/mol. The Kier molecular flexibility index (Phi) is 7.65. The van der Waals surface area contributed by atoms with Gasteiger partial charge in [0.2, 0.25) is 0 Å². The third-order valence-electron chi connectivity index (χ3n) is 4.88. The van der Waals surface area contributed by atoms with Gasteiger partial charge in [-0.15, -0.1) is 12.4 Å². The summed E-state index contributed by atoms with van der Waals surface area (Å²) in [6, 6.07) is 12.7. The lowest BCUT2D eigenvalue weighted by atomic mass is 9.84. The highest BCUT2D eigenvalue weighted by Crippen LogP contribution is 2.29. The number of nitrogens with one attached hydrogen (secondary N) is 1. The van der Waals surface area contributed by atoms with Crippen LogP contribution in [0.5, 0.6) is 0 Å². The SMILES string of the molecule is Cl.O=C(O)C(O)c1cccc2c1CC(NC[C@@H](O)c1cccc(Cl)c1)CC2. The summed E-state index contributed by atoms with van der Waals surface area (Å²) in [5.41, 5.74) is 3.18. The third kappa shape index (κ3) is 5.21. The molecule has 2 unspecified atom stereocenters. The van der Waals surface area contributed by atoms with E-state index >= 15 is 0 Å². The summed E-state index contributed by atoms with van der Waals surface area (Å²) >= 11 is 5.96. The van der Waals surface area contributed by atoms with Crippen LogP contribution >= 0.6 is 24.0 Å². The van der Waals surface area contributed by atoms with Crippen molar-refractivity contribution in [2.24, 2.45) is 0 Å². The summed E-state index contributed by atoms with van der Waals surface area (Å²) in [4.78, 5) is 11.2. The zero-order chi connectivity index (χ0) is 18.7. The maximum Gasteiger partial charge on any atom is 0.337 e. The molecule has 4 N–H and O–H groups in total. The Hall–Kier alpha value is -1.63. The number of carboxylic acid groups (broad SMARTS) is 1. The number of hydrogen-bond acceptors (Lipinski definition) is 4. The molecule has 1 aliphatic carbocycles. The molecule has 3 rings (SSSR count). The normalized spacial score (nSPS) is 18.1. The van der Waals surface area contributed by atoms with Gasteiger partial charge >= 0.3 is 5.97 Å². The average Bonchev–Trinajstić information content (AvgIpc) is 2.64. The van der Waals surface area contributed by atoms with Crippen molar-refractivity contribution < 1.29 is 20.1 Å². The van der Waals surface area contributed by atoms with E-state index in [1.54, 1.807) is 30.3 Å². The van der Waals surface area contributed by atoms with Crippen LogP contribution in [-0.2, 0) is 17.6 Å². The third-order valence-corrected chi connectivity index (χ3v) is 5.12. The van der Waals surface area contributed by atoms with Crippen LogP contribution in [-0.4, -0.2) is 33.9 Å². The molecule has 0 aromatic heterocycles. The molecule has 0 fully saturated rings. The van der Waals surface area contributed by atoms with Crippen LogP contribution in [0.3, 0.4) is 0 Å². The first-order valence-electron chi connectivity index (χ1n) is 8.64. The molecule has 0 heterocycles. The molecule has 0 saturated carbocycles. The van der Waals surface area contributed by atoms with Crippen molar-refractivity contribution in [1.82, 2.24) is 5.32 Å². The maximum atomic E-state index is 11.2. The molecule has 2 aromatic carbocycles. The van der Waals surface area contributed by atoms with E-state index in [9.17, 15) is 15.0 Å². The Morgan fingerprint density at radius 3 is 2.67 bits per heavy atom.